The first-order chi connectivity index (χ1) is 9.93. The fourth-order valence-electron chi connectivity index (χ4n) is 2.86. The van der Waals surface area contributed by atoms with Crippen LogP contribution in [-0.4, -0.2) is 25.5 Å². The van der Waals surface area contributed by atoms with E-state index in [-0.39, 0.29) is 17.1 Å². The van der Waals surface area contributed by atoms with Crippen LogP contribution in [0.4, 0.5) is 0 Å². The first-order valence-corrected chi connectivity index (χ1v) is 7.95. The van der Waals surface area contributed by atoms with Gasteiger partial charge in [0.15, 0.2) is 5.78 Å². The average molecular weight is 289 g/mol. The van der Waals surface area contributed by atoms with Gasteiger partial charge in [-0.3, -0.25) is 4.79 Å². The van der Waals surface area contributed by atoms with Crippen LogP contribution in [0.3, 0.4) is 0 Å². The number of Topliss-reactive ketones (excluding diaryl/α,β-unsaturated/α-hetero) is 1. The Balaban J connectivity index is 2.30. The molecular weight excluding hydrogens is 262 g/mol. The molecule has 1 N–H and O–H groups in total. The third-order valence-corrected chi connectivity index (χ3v) is 4.04. The predicted molar refractivity (Wildman–Crippen MR) is 86.2 cm³/mol. The van der Waals surface area contributed by atoms with Gasteiger partial charge in [0.1, 0.15) is 5.75 Å². The van der Waals surface area contributed by atoms with E-state index in [2.05, 4.69) is 26.1 Å². The molecule has 1 saturated heterocycles. The predicted octanol–water partition coefficient (Wildman–Crippen LogP) is 3.57. The minimum Gasteiger partial charge on any atom is -0.494 e. The van der Waals surface area contributed by atoms with Crippen LogP contribution in [0.15, 0.2) is 18.2 Å². The maximum atomic E-state index is 12.7. The Morgan fingerprint density at radius 1 is 1.38 bits per heavy atom. The van der Waals surface area contributed by atoms with Crippen molar-refractivity contribution in [1.82, 2.24) is 5.32 Å². The maximum absolute atomic E-state index is 12.7. The van der Waals surface area contributed by atoms with E-state index in [1.54, 1.807) is 0 Å². The summed E-state index contributed by atoms with van der Waals surface area (Å²) in [5.74, 6) is 1.27. The number of ether oxygens (including phenoxy) is 1. The van der Waals surface area contributed by atoms with Gasteiger partial charge in [-0.05, 0) is 49.9 Å². The molecule has 1 aromatic carbocycles. The van der Waals surface area contributed by atoms with Gasteiger partial charge in [-0.1, -0.05) is 20.8 Å². The number of rotatable bonds is 4. The van der Waals surface area contributed by atoms with Crippen LogP contribution in [0.1, 0.15) is 56.5 Å². The Hall–Kier alpha value is -1.35. The van der Waals surface area contributed by atoms with Crippen LogP contribution in [0.2, 0.25) is 0 Å². The lowest BCUT2D eigenvalue weighted by atomic mass is 9.83. The molecule has 0 spiro atoms. The number of ketones is 1. The smallest absolute Gasteiger partial charge is 0.167 e. The van der Waals surface area contributed by atoms with Crippen LogP contribution < -0.4 is 10.1 Å². The SMILES string of the molecule is CCOc1ccc(C(=O)C2CCCNC2)cc1C(C)(C)C. The molecule has 3 heteroatoms. The van der Waals surface area contributed by atoms with Crippen LogP contribution in [0.5, 0.6) is 5.75 Å². The van der Waals surface area contributed by atoms with Crippen molar-refractivity contribution in [3.63, 3.8) is 0 Å². The fraction of sp³-hybridized carbons (Fsp3) is 0.611. The van der Waals surface area contributed by atoms with Gasteiger partial charge >= 0.3 is 0 Å². The summed E-state index contributed by atoms with van der Waals surface area (Å²) in [5.41, 5.74) is 1.89. The molecule has 0 aromatic heterocycles. The minimum absolute atomic E-state index is 0.0361. The average Bonchev–Trinajstić information content (AvgIpc) is 2.47. The fourth-order valence-corrected chi connectivity index (χ4v) is 2.86. The molecule has 1 aliphatic rings. The summed E-state index contributed by atoms with van der Waals surface area (Å²) in [6, 6.07) is 5.90. The lowest BCUT2D eigenvalue weighted by molar-refractivity contribution is 0.0899. The highest BCUT2D eigenvalue weighted by Crippen LogP contribution is 2.33. The van der Waals surface area contributed by atoms with Crippen LogP contribution in [0.25, 0.3) is 0 Å². The van der Waals surface area contributed by atoms with Gasteiger partial charge in [-0.2, -0.15) is 0 Å². The summed E-state index contributed by atoms with van der Waals surface area (Å²) in [7, 11) is 0. The Kier molecular flexibility index (Phi) is 5.04. The minimum atomic E-state index is -0.0361. The van der Waals surface area contributed by atoms with Gasteiger partial charge in [0.25, 0.3) is 0 Å². The molecule has 1 fully saturated rings. The number of benzene rings is 1. The molecule has 0 bridgehead atoms. The zero-order valence-electron chi connectivity index (χ0n) is 13.7. The Morgan fingerprint density at radius 2 is 2.14 bits per heavy atom. The number of hydrogen-bond acceptors (Lipinski definition) is 3. The van der Waals surface area contributed by atoms with Gasteiger partial charge < -0.3 is 10.1 Å². The van der Waals surface area contributed by atoms with Gasteiger partial charge in [-0.25, -0.2) is 0 Å². The van der Waals surface area contributed by atoms with E-state index in [1.807, 2.05) is 25.1 Å². The Bertz CT molecular complexity index is 496. The van der Waals surface area contributed by atoms with Crippen LogP contribution in [0, 0.1) is 5.92 Å². The van der Waals surface area contributed by atoms with Crippen molar-refractivity contribution in [2.45, 2.75) is 46.0 Å². The third-order valence-electron chi connectivity index (χ3n) is 4.04. The normalized spacial score (nSPS) is 19.3. The molecule has 116 valence electrons. The number of nitrogens with one attached hydrogen (secondary N) is 1. The summed E-state index contributed by atoms with van der Waals surface area (Å²) in [5, 5.41) is 3.32. The van der Waals surface area contributed by atoms with E-state index >= 15 is 0 Å². The summed E-state index contributed by atoms with van der Waals surface area (Å²) in [6.45, 7) is 10.9. The second-order valence-electron chi connectivity index (χ2n) is 6.80. The van der Waals surface area contributed by atoms with E-state index in [0.29, 0.717) is 6.61 Å². The Labute approximate surface area is 128 Å². The first-order valence-electron chi connectivity index (χ1n) is 7.95. The molecule has 1 atom stereocenters. The standard InChI is InChI=1S/C18H27NO2/c1-5-21-16-9-8-13(11-15(16)18(2,3)4)17(20)14-7-6-10-19-12-14/h8-9,11,14,19H,5-7,10,12H2,1-4H3. The Morgan fingerprint density at radius 3 is 2.71 bits per heavy atom. The van der Waals surface area contributed by atoms with Crippen molar-refractivity contribution < 1.29 is 9.53 Å². The van der Waals surface area contributed by atoms with E-state index in [4.69, 9.17) is 4.74 Å². The van der Waals surface area contributed by atoms with Gasteiger partial charge in [0.05, 0.1) is 6.61 Å². The topological polar surface area (TPSA) is 38.3 Å². The van der Waals surface area contributed by atoms with E-state index < -0.39 is 0 Å². The van der Waals surface area contributed by atoms with Crippen molar-refractivity contribution in [2.75, 3.05) is 19.7 Å². The lowest BCUT2D eigenvalue weighted by Crippen LogP contribution is -2.34. The van der Waals surface area contributed by atoms with E-state index in [9.17, 15) is 4.79 Å². The molecule has 2 rings (SSSR count). The van der Waals surface area contributed by atoms with Crippen molar-refractivity contribution in [2.24, 2.45) is 5.92 Å². The zero-order chi connectivity index (χ0) is 15.5. The summed E-state index contributed by atoms with van der Waals surface area (Å²) >= 11 is 0. The number of carbonyl (C=O) groups excluding carboxylic acids is 1. The number of piperidine rings is 1. The van der Waals surface area contributed by atoms with Gasteiger partial charge in [0.2, 0.25) is 0 Å². The third kappa shape index (κ3) is 3.85. The molecule has 0 amide bonds. The highest BCUT2D eigenvalue weighted by Gasteiger charge is 2.25. The summed E-state index contributed by atoms with van der Waals surface area (Å²) in [4.78, 5) is 12.7. The molecule has 3 nitrogen and oxygen atoms in total. The molecule has 0 radical (unpaired) electrons. The monoisotopic (exact) mass is 289 g/mol. The lowest BCUT2D eigenvalue weighted by Gasteiger charge is -2.25. The molecule has 1 aliphatic heterocycles. The molecule has 0 saturated carbocycles. The van der Waals surface area contributed by atoms with Crippen LogP contribution >= 0.6 is 0 Å². The summed E-state index contributed by atoms with van der Waals surface area (Å²) in [6.07, 6.45) is 2.07. The zero-order valence-corrected chi connectivity index (χ0v) is 13.7. The molecule has 21 heavy (non-hydrogen) atoms. The van der Waals surface area contributed by atoms with E-state index in [1.165, 1.54) is 0 Å². The second-order valence-corrected chi connectivity index (χ2v) is 6.80. The van der Waals surface area contributed by atoms with Crippen LogP contribution in [-0.2, 0) is 5.41 Å². The molecule has 1 unspecified atom stereocenters. The van der Waals surface area contributed by atoms with Crippen molar-refractivity contribution in [3.8, 4) is 5.75 Å². The van der Waals surface area contributed by atoms with Crippen molar-refractivity contribution >= 4 is 5.78 Å². The van der Waals surface area contributed by atoms with E-state index in [0.717, 1.165) is 42.8 Å². The molecule has 1 heterocycles. The van der Waals surface area contributed by atoms with Crippen molar-refractivity contribution in [1.29, 1.82) is 0 Å². The molecule has 0 aliphatic carbocycles. The maximum Gasteiger partial charge on any atom is 0.167 e. The highest BCUT2D eigenvalue weighted by molar-refractivity contribution is 5.98. The van der Waals surface area contributed by atoms with Crippen molar-refractivity contribution in [3.05, 3.63) is 29.3 Å². The first kappa shape index (κ1) is 16.0. The van der Waals surface area contributed by atoms with Gasteiger partial charge in [0, 0.05) is 23.6 Å². The quantitative estimate of drug-likeness (QED) is 0.861. The second kappa shape index (κ2) is 6.61. The number of hydrogen-bond donors (Lipinski definition) is 1. The molecular formula is C18H27NO2. The summed E-state index contributed by atoms with van der Waals surface area (Å²) < 4.78 is 5.72. The number of carbonyl (C=O) groups is 1. The highest BCUT2D eigenvalue weighted by atomic mass is 16.5. The molecule has 1 aromatic rings. The van der Waals surface area contributed by atoms with Gasteiger partial charge in [-0.15, -0.1) is 0 Å². The largest absolute Gasteiger partial charge is 0.494 e.